The molecule has 0 saturated carbocycles. The van der Waals surface area contributed by atoms with Crippen molar-refractivity contribution >= 4 is 11.7 Å². The summed E-state index contributed by atoms with van der Waals surface area (Å²) in [6.07, 6.45) is 3.26. The Hall–Kier alpha value is -1.91. The van der Waals surface area contributed by atoms with Crippen molar-refractivity contribution in [1.82, 2.24) is 0 Å². The van der Waals surface area contributed by atoms with Crippen LogP contribution in [-0.2, 0) is 0 Å². The van der Waals surface area contributed by atoms with Crippen LogP contribution in [-0.4, -0.2) is 19.7 Å². The van der Waals surface area contributed by atoms with Gasteiger partial charge in [0.05, 0.1) is 13.7 Å². The number of amides is 2. The van der Waals surface area contributed by atoms with E-state index < -0.39 is 6.03 Å². The molecule has 0 aliphatic heterocycles. The van der Waals surface area contributed by atoms with Crippen molar-refractivity contribution in [2.24, 2.45) is 5.73 Å². The maximum atomic E-state index is 10.8. The second kappa shape index (κ2) is 7.42. The fourth-order valence-corrected chi connectivity index (χ4v) is 1.54. The number of hydrogen-bond acceptors (Lipinski definition) is 3. The Morgan fingerprint density at radius 1 is 1.33 bits per heavy atom. The second-order valence-electron chi connectivity index (χ2n) is 3.91. The van der Waals surface area contributed by atoms with Crippen LogP contribution in [0.4, 0.5) is 10.5 Å². The van der Waals surface area contributed by atoms with Gasteiger partial charge in [-0.05, 0) is 18.6 Å². The van der Waals surface area contributed by atoms with Crippen LogP contribution < -0.4 is 20.5 Å². The Morgan fingerprint density at radius 2 is 2.11 bits per heavy atom. The molecule has 0 aliphatic carbocycles. The van der Waals surface area contributed by atoms with E-state index in [9.17, 15) is 4.79 Å². The first kappa shape index (κ1) is 14.2. The van der Waals surface area contributed by atoms with Crippen LogP contribution in [0.1, 0.15) is 26.2 Å². The third kappa shape index (κ3) is 4.53. The Labute approximate surface area is 107 Å². The van der Waals surface area contributed by atoms with Crippen molar-refractivity contribution in [2.45, 2.75) is 26.2 Å². The van der Waals surface area contributed by atoms with Crippen LogP contribution in [0.15, 0.2) is 18.2 Å². The molecule has 1 aromatic rings. The van der Waals surface area contributed by atoms with E-state index in [4.69, 9.17) is 15.2 Å². The molecule has 0 saturated heterocycles. The van der Waals surface area contributed by atoms with E-state index in [2.05, 4.69) is 12.2 Å². The van der Waals surface area contributed by atoms with Gasteiger partial charge in [-0.25, -0.2) is 4.79 Å². The van der Waals surface area contributed by atoms with Gasteiger partial charge in [0.2, 0.25) is 0 Å². The molecule has 0 bridgehead atoms. The van der Waals surface area contributed by atoms with Crippen LogP contribution >= 0.6 is 0 Å². The number of hydrogen-bond donors (Lipinski definition) is 2. The van der Waals surface area contributed by atoms with E-state index >= 15 is 0 Å². The lowest BCUT2D eigenvalue weighted by atomic mass is 10.2. The summed E-state index contributed by atoms with van der Waals surface area (Å²) in [7, 11) is 1.58. The van der Waals surface area contributed by atoms with E-state index in [0.29, 0.717) is 23.8 Å². The minimum atomic E-state index is -0.600. The number of carbonyl (C=O) groups excluding carboxylic acids is 1. The number of anilines is 1. The van der Waals surface area contributed by atoms with Crippen molar-refractivity contribution in [3.05, 3.63) is 18.2 Å². The van der Waals surface area contributed by atoms with Crippen molar-refractivity contribution in [2.75, 3.05) is 19.0 Å². The van der Waals surface area contributed by atoms with Gasteiger partial charge in [0.25, 0.3) is 0 Å². The molecule has 0 unspecified atom stereocenters. The van der Waals surface area contributed by atoms with Gasteiger partial charge < -0.3 is 20.5 Å². The number of nitrogens with two attached hydrogens (primary N) is 1. The molecular weight excluding hydrogens is 232 g/mol. The zero-order valence-corrected chi connectivity index (χ0v) is 10.9. The normalized spacial score (nSPS) is 9.89. The van der Waals surface area contributed by atoms with Crippen LogP contribution in [0.5, 0.6) is 11.5 Å². The Morgan fingerprint density at radius 3 is 2.72 bits per heavy atom. The molecule has 100 valence electrons. The Kier molecular flexibility index (Phi) is 5.84. The zero-order valence-electron chi connectivity index (χ0n) is 10.9. The molecule has 1 rings (SSSR count). The van der Waals surface area contributed by atoms with Gasteiger partial charge in [-0.2, -0.15) is 0 Å². The summed E-state index contributed by atoms with van der Waals surface area (Å²) in [5.41, 5.74) is 5.65. The molecule has 0 heterocycles. The van der Waals surface area contributed by atoms with E-state index in [1.165, 1.54) is 0 Å². The first-order valence-electron chi connectivity index (χ1n) is 6.04. The second-order valence-corrected chi connectivity index (χ2v) is 3.91. The molecule has 5 heteroatoms. The van der Waals surface area contributed by atoms with Crippen molar-refractivity contribution in [3.8, 4) is 11.5 Å². The van der Waals surface area contributed by atoms with Crippen molar-refractivity contribution < 1.29 is 14.3 Å². The standard InChI is InChI=1S/C13H20N2O3/c1-3-4-5-8-18-12-9-10(15-13(14)16)6-7-11(12)17-2/h6-7,9H,3-5,8H2,1-2H3,(H3,14,15,16). The first-order valence-corrected chi connectivity index (χ1v) is 6.04. The monoisotopic (exact) mass is 252 g/mol. The van der Waals surface area contributed by atoms with E-state index in [1.54, 1.807) is 25.3 Å². The minimum Gasteiger partial charge on any atom is -0.493 e. The predicted octanol–water partition coefficient (Wildman–Crippen LogP) is 2.75. The lowest BCUT2D eigenvalue weighted by Crippen LogP contribution is -2.19. The lowest BCUT2D eigenvalue weighted by Gasteiger charge is -2.12. The molecule has 3 N–H and O–H groups in total. The van der Waals surface area contributed by atoms with Gasteiger partial charge in [0.1, 0.15) is 0 Å². The highest BCUT2D eigenvalue weighted by Gasteiger charge is 2.06. The lowest BCUT2D eigenvalue weighted by molar-refractivity contribution is 0.259. The number of unbranched alkanes of at least 4 members (excludes halogenated alkanes) is 2. The van der Waals surface area contributed by atoms with Crippen LogP contribution in [0.2, 0.25) is 0 Å². The highest BCUT2D eigenvalue weighted by molar-refractivity contribution is 5.88. The minimum absolute atomic E-state index is 0.591. The van der Waals surface area contributed by atoms with Crippen LogP contribution in [0.25, 0.3) is 0 Å². The molecule has 0 spiro atoms. The SMILES string of the molecule is CCCCCOc1cc(NC(N)=O)ccc1OC. The maximum Gasteiger partial charge on any atom is 0.316 e. The number of methoxy groups -OCH3 is 1. The summed E-state index contributed by atoms with van der Waals surface area (Å²) < 4.78 is 10.8. The van der Waals surface area contributed by atoms with E-state index in [-0.39, 0.29) is 0 Å². The molecule has 2 amide bonds. The van der Waals surface area contributed by atoms with Gasteiger partial charge in [-0.3, -0.25) is 0 Å². The van der Waals surface area contributed by atoms with Gasteiger partial charge in [-0.1, -0.05) is 19.8 Å². The number of carbonyl (C=O) groups is 1. The summed E-state index contributed by atoms with van der Waals surface area (Å²) >= 11 is 0. The van der Waals surface area contributed by atoms with Crippen LogP contribution in [0, 0.1) is 0 Å². The highest BCUT2D eigenvalue weighted by Crippen LogP contribution is 2.30. The molecular formula is C13H20N2O3. The summed E-state index contributed by atoms with van der Waals surface area (Å²) in [5.74, 6) is 1.25. The largest absolute Gasteiger partial charge is 0.493 e. The predicted molar refractivity (Wildman–Crippen MR) is 71.2 cm³/mol. The van der Waals surface area contributed by atoms with Gasteiger partial charge >= 0.3 is 6.03 Å². The fourth-order valence-electron chi connectivity index (χ4n) is 1.54. The number of ether oxygens (including phenoxy) is 2. The molecule has 0 atom stereocenters. The van der Waals surface area contributed by atoms with E-state index in [1.807, 2.05) is 0 Å². The first-order chi connectivity index (χ1) is 8.67. The molecule has 1 aromatic carbocycles. The third-order valence-corrected chi connectivity index (χ3v) is 2.44. The third-order valence-electron chi connectivity index (χ3n) is 2.44. The zero-order chi connectivity index (χ0) is 13.4. The number of benzene rings is 1. The average Bonchev–Trinajstić information content (AvgIpc) is 2.34. The Bertz CT molecular complexity index is 394. The van der Waals surface area contributed by atoms with Gasteiger partial charge in [0.15, 0.2) is 11.5 Å². The van der Waals surface area contributed by atoms with Crippen LogP contribution in [0.3, 0.4) is 0 Å². The number of urea groups is 1. The maximum absolute atomic E-state index is 10.8. The quantitative estimate of drug-likeness (QED) is 0.733. The number of primary amides is 1. The highest BCUT2D eigenvalue weighted by atomic mass is 16.5. The smallest absolute Gasteiger partial charge is 0.316 e. The van der Waals surface area contributed by atoms with Crippen molar-refractivity contribution in [3.63, 3.8) is 0 Å². The molecule has 0 radical (unpaired) electrons. The summed E-state index contributed by atoms with van der Waals surface area (Å²) in [6.45, 7) is 2.77. The summed E-state index contributed by atoms with van der Waals surface area (Å²) in [5, 5.41) is 2.50. The Balaban J connectivity index is 2.69. The fraction of sp³-hybridized carbons (Fsp3) is 0.462. The number of nitrogens with one attached hydrogen (secondary N) is 1. The summed E-state index contributed by atoms with van der Waals surface area (Å²) in [6, 6.07) is 4.55. The van der Waals surface area contributed by atoms with Gasteiger partial charge in [0, 0.05) is 11.8 Å². The van der Waals surface area contributed by atoms with Gasteiger partial charge in [-0.15, -0.1) is 0 Å². The molecule has 0 fully saturated rings. The molecule has 0 aliphatic rings. The summed E-state index contributed by atoms with van der Waals surface area (Å²) in [4.78, 5) is 10.8. The molecule has 18 heavy (non-hydrogen) atoms. The number of rotatable bonds is 7. The topological polar surface area (TPSA) is 73.6 Å². The average molecular weight is 252 g/mol. The van der Waals surface area contributed by atoms with Crippen molar-refractivity contribution in [1.29, 1.82) is 0 Å². The molecule has 0 aromatic heterocycles. The molecule has 5 nitrogen and oxygen atoms in total. The van der Waals surface area contributed by atoms with E-state index in [0.717, 1.165) is 19.3 Å².